The topological polar surface area (TPSA) is 21.3 Å². The molecule has 1 saturated carbocycles. The lowest BCUT2D eigenvalue weighted by molar-refractivity contribution is -0.0622. The van der Waals surface area contributed by atoms with Gasteiger partial charge in [-0.05, 0) is 32.1 Å². The monoisotopic (exact) mass is 273 g/mol. The highest BCUT2D eigenvalue weighted by Gasteiger charge is 2.40. The third kappa shape index (κ3) is 4.11. The van der Waals surface area contributed by atoms with Gasteiger partial charge in [-0.3, -0.25) is 0 Å². The van der Waals surface area contributed by atoms with Crippen LogP contribution in [0, 0.1) is 0 Å². The van der Waals surface area contributed by atoms with Gasteiger partial charge in [0, 0.05) is 18.5 Å². The Kier molecular flexibility index (Phi) is 5.78. The first kappa shape index (κ1) is 14.6. The van der Waals surface area contributed by atoms with Crippen LogP contribution in [0.4, 0.5) is 0 Å². The molecule has 1 aliphatic carbocycles. The zero-order chi connectivity index (χ0) is 12.8. The fourth-order valence-electron chi connectivity index (χ4n) is 3.42. The van der Waals surface area contributed by atoms with Gasteiger partial charge >= 0.3 is 0 Å². The predicted octanol–water partition coefficient (Wildman–Crippen LogP) is 3.87. The van der Waals surface area contributed by atoms with Crippen molar-refractivity contribution in [1.29, 1.82) is 0 Å². The Morgan fingerprint density at radius 3 is 2.78 bits per heavy atom. The third-order valence-electron chi connectivity index (χ3n) is 4.44. The van der Waals surface area contributed by atoms with Gasteiger partial charge in [0.2, 0.25) is 0 Å². The molecule has 18 heavy (non-hydrogen) atoms. The van der Waals surface area contributed by atoms with E-state index >= 15 is 0 Å². The van der Waals surface area contributed by atoms with Crippen molar-refractivity contribution in [2.75, 3.05) is 13.1 Å². The third-order valence-corrected chi connectivity index (χ3v) is 4.82. The molecule has 0 aromatic carbocycles. The Bertz CT molecular complexity index is 241. The van der Waals surface area contributed by atoms with E-state index in [9.17, 15) is 0 Å². The van der Waals surface area contributed by atoms with Crippen molar-refractivity contribution in [2.24, 2.45) is 0 Å². The van der Waals surface area contributed by atoms with Crippen molar-refractivity contribution in [3.05, 3.63) is 0 Å². The number of alkyl halides is 1. The van der Waals surface area contributed by atoms with E-state index in [4.69, 9.17) is 16.3 Å². The van der Waals surface area contributed by atoms with Gasteiger partial charge < -0.3 is 10.1 Å². The molecule has 2 atom stereocenters. The summed E-state index contributed by atoms with van der Waals surface area (Å²) in [6, 6.07) is 0. The lowest BCUT2D eigenvalue weighted by atomic mass is 9.83. The predicted molar refractivity (Wildman–Crippen MR) is 77.3 cm³/mol. The van der Waals surface area contributed by atoms with E-state index in [1.54, 1.807) is 0 Å². The van der Waals surface area contributed by atoms with Crippen molar-refractivity contribution in [3.8, 4) is 0 Å². The second-order valence-corrected chi connectivity index (χ2v) is 6.68. The zero-order valence-corrected chi connectivity index (χ0v) is 12.5. The average molecular weight is 274 g/mol. The molecule has 1 saturated heterocycles. The first-order valence-corrected chi connectivity index (χ1v) is 8.20. The normalized spacial score (nSPS) is 28.7. The maximum absolute atomic E-state index is 6.33. The van der Waals surface area contributed by atoms with Crippen molar-refractivity contribution in [3.63, 3.8) is 0 Å². The summed E-state index contributed by atoms with van der Waals surface area (Å²) in [4.78, 5) is 0. The Labute approximate surface area is 117 Å². The molecule has 2 fully saturated rings. The minimum Gasteiger partial charge on any atom is -0.370 e. The van der Waals surface area contributed by atoms with Crippen LogP contribution in [0.25, 0.3) is 0 Å². The van der Waals surface area contributed by atoms with E-state index in [-0.39, 0.29) is 11.0 Å². The highest BCUT2D eigenvalue weighted by molar-refractivity contribution is 6.20. The van der Waals surface area contributed by atoms with Crippen molar-refractivity contribution < 1.29 is 4.74 Å². The van der Waals surface area contributed by atoms with Gasteiger partial charge in [0.1, 0.15) is 0 Å². The summed E-state index contributed by atoms with van der Waals surface area (Å²) >= 11 is 6.21. The summed E-state index contributed by atoms with van der Waals surface area (Å²) in [5, 5.41) is 3.75. The molecular weight excluding hydrogens is 246 g/mol. The molecule has 2 aliphatic rings. The summed E-state index contributed by atoms with van der Waals surface area (Å²) in [5.74, 6) is 0. The van der Waals surface area contributed by atoms with E-state index in [1.807, 2.05) is 0 Å². The number of nitrogens with one attached hydrogen (secondary N) is 1. The summed E-state index contributed by atoms with van der Waals surface area (Å²) in [7, 11) is 0. The van der Waals surface area contributed by atoms with Gasteiger partial charge in [-0.15, -0.1) is 11.6 Å². The van der Waals surface area contributed by atoms with Crippen LogP contribution >= 0.6 is 11.6 Å². The second kappa shape index (κ2) is 7.12. The highest BCUT2D eigenvalue weighted by Crippen LogP contribution is 2.41. The quantitative estimate of drug-likeness (QED) is 0.742. The number of ether oxygens (including phenoxy) is 1. The van der Waals surface area contributed by atoms with Crippen LogP contribution in [0.2, 0.25) is 0 Å². The maximum Gasteiger partial charge on any atom is 0.0708 e. The summed E-state index contributed by atoms with van der Waals surface area (Å²) in [6.07, 6.45) is 11.9. The van der Waals surface area contributed by atoms with Crippen molar-refractivity contribution >= 4 is 11.6 Å². The van der Waals surface area contributed by atoms with Crippen LogP contribution < -0.4 is 5.32 Å². The van der Waals surface area contributed by atoms with E-state index in [0.29, 0.717) is 6.10 Å². The molecular formula is C15H28ClNO. The van der Waals surface area contributed by atoms with Crippen LogP contribution in [0.15, 0.2) is 0 Å². The molecule has 1 N–H and O–H groups in total. The molecule has 2 unspecified atom stereocenters. The Hall–Kier alpha value is 0.210. The average Bonchev–Trinajstić information content (AvgIpc) is 2.74. The first-order chi connectivity index (χ1) is 8.74. The van der Waals surface area contributed by atoms with E-state index < -0.39 is 0 Å². The van der Waals surface area contributed by atoms with E-state index in [1.165, 1.54) is 51.4 Å². The van der Waals surface area contributed by atoms with E-state index in [2.05, 4.69) is 12.2 Å². The minimum absolute atomic E-state index is 0.258. The van der Waals surface area contributed by atoms with Crippen LogP contribution in [0.5, 0.6) is 0 Å². The van der Waals surface area contributed by atoms with Gasteiger partial charge in [0.05, 0.1) is 11.7 Å². The molecule has 2 rings (SSSR count). The van der Waals surface area contributed by atoms with Gasteiger partial charge in [-0.25, -0.2) is 0 Å². The Morgan fingerprint density at radius 2 is 2.06 bits per heavy atom. The fraction of sp³-hybridized carbons (Fsp3) is 1.00. The van der Waals surface area contributed by atoms with E-state index in [0.717, 1.165) is 19.5 Å². The summed E-state index contributed by atoms with van der Waals surface area (Å²) in [6.45, 7) is 4.08. The standard InChI is InChI=1S/C15H28ClNO/c1-2-6-13(16)11-17-12-14-7-10-15(18-14)8-4-3-5-9-15/h13-14,17H,2-12H2,1H3. The van der Waals surface area contributed by atoms with Gasteiger partial charge in [0.15, 0.2) is 0 Å². The smallest absolute Gasteiger partial charge is 0.0708 e. The Balaban J connectivity index is 1.63. The minimum atomic E-state index is 0.258. The van der Waals surface area contributed by atoms with Crippen LogP contribution in [0.1, 0.15) is 64.7 Å². The number of hydrogen-bond donors (Lipinski definition) is 1. The fourth-order valence-corrected chi connectivity index (χ4v) is 3.75. The molecule has 1 aliphatic heterocycles. The van der Waals surface area contributed by atoms with Gasteiger partial charge in [-0.1, -0.05) is 32.6 Å². The molecule has 106 valence electrons. The van der Waals surface area contributed by atoms with Crippen LogP contribution in [-0.4, -0.2) is 30.2 Å². The molecule has 2 nitrogen and oxygen atoms in total. The Morgan fingerprint density at radius 1 is 1.28 bits per heavy atom. The summed E-state index contributed by atoms with van der Waals surface area (Å²) in [5.41, 5.74) is 0.258. The lowest BCUT2D eigenvalue weighted by Gasteiger charge is -2.33. The molecule has 0 aromatic heterocycles. The number of rotatable bonds is 6. The number of hydrogen-bond acceptors (Lipinski definition) is 2. The summed E-state index contributed by atoms with van der Waals surface area (Å²) < 4.78 is 6.33. The second-order valence-electron chi connectivity index (χ2n) is 6.07. The first-order valence-electron chi connectivity index (χ1n) is 7.77. The lowest BCUT2D eigenvalue weighted by Crippen LogP contribution is -2.36. The van der Waals surface area contributed by atoms with Crippen molar-refractivity contribution in [1.82, 2.24) is 5.32 Å². The zero-order valence-electron chi connectivity index (χ0n) is 11.7. The molecule has 0 bridgehead atoms. The molecule has 0 amide bonds. The molecule has 1 heterocycles. The molecule has 0 aromatic rings. The molecule has 3 heteroatoms. The van der Waals surface area contributed by atoms with Crippen molar-refractivity contribution in [2.45, 2.75) is 81.8 Å². The molecule has 1 spiro atoms. The highest BCUT2D eigenvalue weighted by atomic mass is 35.5. The molecule has 0 radical (unpaired) electrons. The van der Waals surface area contributed by atoms with Crippen LogP contribution in [-0.2, 0) is 4.74 Å². The van der Waals surface area contributed by atoms with Gasteiger partial charge in [-0.2, -0.15) is 0 Å². The number of halogens is 1. The van der Waals surface area contributed by atoms with Crippen LogP contribution in [0.3, 0.4) is 0 Å². The largest absolute Gasteiger partial charge is 0.370 e. The SMILES string of the molecule is CCCC(Cl)CNCC1CCC2(CCCCC2)O1. The van der Waals surface area contributed by atoms with Gasteiger partial charge in [0.25, 0.3) is 0 Å². The maximum atomic E-state index is 6.33.